The van der Waals surface area contributed by atoms with E-state index in [1.54, 1.807) is 6.07 Å². The van der Waals surface area contributed by atoms with Crippen molar-refractivity contribution in [1.29, 1.82) is 0 Å². The van der Waals surface area contributed by atoms with E-state index in [4.69, 9.17) is 5.11 Å². The van der Waals surface area contributed by atoms with E-state index < -0.39 is 5.97 Å². The highest BCUT2D eigenvalue weighted by Crippen LogP contribution is 2.30. The number of hydrogen-bond acceptors (Lipinski definition) is 1. The average molecular weight is 249 g/mol. The molecule has 0 amide bonds. The highest BCUT2D eigenvalue weighted by atomic mass is 19.1. The number of rotatable bonds is 4. The Kier molecular flexibility index (Phi) is 3.36. The minimum atomic E-state index is -0.837. The van der Waals surface area contributed by atoms with Gasteiger partial charge >= 0.3 is 5.97 Å². The summed E-state index contributed by atoms with van der Waals surface area (Å²) in [6, 6.07) is 4.65. The molecule has 1 atom stereocenters. The van der Waals surface area contributed by atoms with E-state index in [-0.39, 0.29) is 18.2 Å². The Balaban J connectivity index is 2.55. The monoisotopic (exact) mass is 249 g/mol. The number of aliphatic carboxylic acids is 1. The first kappa shape index (κ1) is 12.6. The third kappa shape index (κ3) is 2.23. The summed E-state index contributed by atoms with van der Waals surface area (Å²) in [6.07, 6.45) is 1.98. The first-order valence-corrected chi connectivity index (χ1v) is 6.03. The topological polar surface area (TPSA) is 42.2 Å². The van der Waals surface area contributed by atoms with Crippen molar-refractivity contribution in [3.63, 3.8) is 0 Å². The van der Waals surface area contributed by atoms with E-state index in [1.807, 2.05) is 24.6 Å². The quantitative estimate of drug-likeness (QED) is 0.902. The molecule has 0 spiro atoms. The van der Waals surface area contributed by atoms with Crippen molar-refractivity contribution < 1.29 is 14.3 Å². The summed E-state index contributed by atoms with van der Waals surface area (Å²) >= 11 is 0. The lowest BCUT2D eigenvalue weighted by molar-refractivity contribution is -0.137. The molecule has 0 saturated carbocycles. The number of fused-ring (bicyclic) bond motifs is 1. The summed E-state index contributed by atoms with van der Waals surface area (Å²) in [6.45, 7) is 4.64. The van der Waals surface area contributed by atoms with Crippen LogP contribution in [0, 0.1) is 5.82 Å². The van der Waals surface area contributed by atoms with Crippen LogP contribution in [0.3, 0.4) is 0 Å². The molecular formula is C14H16FNO2. The minimum Gasteiger partial charge on any atom is -0.481 e. The van der Waals surface area contributed by atoms with Gasteiger partial charge in [0, 0.05) is 23.6 Å². The second-order valence-corrected chi connectivity index (χ2v) is 4.53. The molecule has 0 saturated heterocycles. The third-order valence-corrected chi connectivity index (χ3v) is 3.23. The van der Waals surface area contributed by atoms with Crippen molar-refractivity contribution in [3.05, 3.63) is 35.8 Å². The molecule has 0 radical (unpaired) electrons. The van der Waals surface area contributed by atoms with E-state index >= 15 is 0 Å². The van der Waals surface area contributed by atoms with Crippen LogP contribution in [-0.4, -0.2) is 15.6 Å². The normalized spacial score (nSPS) is 12.8. The van der Waals surface area contributed by atoms with Gasteiger partial charge < -0.3 is 9.67 Å². The molecule has 1 heterocycles. The van der Waals surface area contributed by atoms with Crippen LogP contribution in [0.25, 0.3) is 10.9 Å². The van der Waals surface area contributed by atoms with Crippen LogP contribution in [0.1, 0.15) is 31.7 Å². The largest absolute Gasteiger partial charge is 0.481 e. The molecule has 0 bridgehead atoms. The molecule has 96 valence electrons. The Labute approximate surface area is 105 Å². The zero-order valence-electron chi connectivity index (χ0n) is 10.5. The van der Waals surface area contributed by atoms with Gasteiger partial charge in [0.1, 0.15) is 5.82 Å². The summed E-state index contributed by atoms with van der Waals surface area (Å²) in [5, 5.41) is 9.67. The van der Waals surface area contributed by atoms with Gasteiger partial charge in [-0.25, -0.2) is 4.39 Å². The summed E-state index contributed by atoms with van der Waals surface area (Å²) in [4.78, 5) is 10.8. The second-order valence-electron chi connectivity index (χ2n) is 4.53. The fourth-order valence-electron chi connectivity index (χ4n) is 2.32. The molecule has 2 rings (SSSR count). The SMILES string of the molecule is CCn1cc(C(C)CC(=O)O)c2cc(F)ccc21. The lowest BCUT2D eigenvalue weighted by Crippen LogP contribution is -2.02. The first-order chi connectivity index (χ1) is 8.52. The van der Waals surface area contributed by atoms with Gasteiger partial charge in [-0.1, -0.05) is 6.92 Å². The lowest BCUT2D eigenvalue weighted by atomic mass is 9.97. The third-order valence-electron chi connectivity index (χ3n) is 3.23. The maximum Gasteiger partial charge on any atom is 0.303 e. The highest BCUT2D eigenvalue weighted by Gasteiger charge is 2.16. The predicted octanol–water partition coefficient (Wildman–Crippen LogP) is 3.38. The summed E-state index contributed by atoms with van der Waals surface area (Å²) in [5.41, 5.74) is 1.85. The smallest absolute Gasteiger partial charge is 0.303 e. The number of aryl methyl sites for hydroxylation is 1. The van der Waals surface area contributed by atoms with Crippen LogP contribution in [-0.2, 0) is 11.3 Å². The Hall–Kier alpha value is -1.84. The Bertz CT molecular complexity index is 589. The van der Waals surface area contributed by atoms with Gasteiger partial charge in [-0.15, -0.1) is 0 Å². The van der Waals surface area contributed by atoms with Crippen LogP contribution in [0.4, 0.5) is 4.39 Å². The number of hydrogen-bond donors (Lipinski definition) is 1. The van der Waals surface area contributed by atoms with Crippen molar-refractivity contribution in [2.45, 2.75) is 32.7 Å². The van der Waals surface area contributed by atoms with Gasteiger partial charge in [-0.05, 0) is 36.6 Å². The van der Waals surface area contributed by atoms with Crippen molar-refractivity contribution in [1.82, 2.24) is 4.57 Å². The van der Waals surface area contributed by atoms with Crippen LogP contribution >= 0.6 is 0 Å². The molecule has 0 aliphatic rings. The molecule has 0 aliphatic carbocycles. The van der Waals surface area contributed by atoms with E-state index in [0.29, 0.717) is 0 Å². The molecule has 1 unspecified atom stereocenters. The van der Waals surface area contributed by atoms with Crippen LogP contribution in [0.15, 0.2) is 24.4 Å². The summed E-state index contributed by atoms with van der Waals surface area (Å²) in [7, 11) is 0. The Morgan fingerprint density at radius 3 is 2.83 bits per heavy atom. The summed E-state index contributed by atoms with van der Waals surface area (Å²) in [5.74, 6) is -1.25. The van der Waals surface area contributed by atoms with Crippen molar-refractivity contribution in [3.8, 4) is 0 Å². The van der Waals surface area contributed by atoms with E-state index in [2.05, 4.69) is 0 Å². The standard InChI is InChI=1S/C14H16FNO2/c1-3-16-8-12(9(2)6-14(17)18)11-7-10(15)4-5-13(11)16/h4-5,7-9H,3,6H2,1-2H3,(H,17,18). The highest BCUT2D eigenvalue weighted by molar-refractivity contribution is 5.85. The zero-order chi connectivity index (χ0) is 13.3. The van der Waals surface area contributed by atoms with Gasteiger partial charge in [0.05, 0.1) is 6.42 Å². The van der Waals surface area contributed by atoms with Crippen molar-refractivity contribution in [2.24, 2.45) is 0 Å². The molecule has 0 aliphatic heterocycles. The molecule has 4 heteroatoms. The minimum absolute atomic E-state index is 0.0549. The molecule has 2 aromatic rings. The van der Waals surface area contributed by atoms with Gasteiger partial charge in [-0.3, -0.25) is 4.79 Å². The van der Waals surface area contributed by atoms with Crippen molar-refractivity contribution >= 4 is 16.9 Å². The molecule has 3 nitrogen and oxygen atoms in total. The van der Waals surface area contributed by atoms with Gasteiger partial charge in [-0.2, -0.15) is 0 Å². The van der Waals surface area contributed by atoms with Gasteiger partial charge in [0.25, 0.3) is 0 Å². The average Bonchev–Trinajstić information content (AvgIpc) is 2.66. The van der Waals surface area contributed by atoms with Gasteiger partial charge in [0.2, 0.25) is 0 Å². The van der Waals surface area contributed by atoms with E-state index in [0.717, 1.165) is 23.0 Å². The maximum absolute atomic E-state index is 13.3. The molecule has 18 heavy (non-hydrogen) atoms. The Morgan fingerprint density at radius 2 is 2.22 bits per heavy atom. The maximum atomic E-state index is 13.3. The summed E-state index contributed by atoms with van der Waals surface area (Å²) < 4.78 is 15.3. The number of carbonyl (C=O) groups is 1. The fraction of sp³-hybridized carbons (Fsp3) is 0.357. The molecule has 1 aromatic carbocycles. The number of carboxylic acid groups (broad SMARTS) is 1. The number of carboxylic acids is 1. The van der Waals surface area contributed by atoms with Crippen molar-refractivity contribution in [2.75, 3.05) is 0 Å². The Morgan fingerprint density at radius 1 is 1.50 bits per heavy atom. The van der Waals surface area contributed by atoms with Crippen LogP contribution in [0.5, 0.6) is 0 Å². The van der Waals surface area contributed by atoms with Gasteiger partial charge in [0.15, 0.2) is 0 Å². The number of nitrogens with zero attached hydrogens (tertiary/aromatic N) is 1. The molecule has 0 fully saturated rings. The fourth-order valence-corrected chi connectivity index (χ4v) is 2.32. The van der Waals surface area contributed by atoms with E-state index in [9.17, 15) is 9.18 Å². The van der Waals surface area contributed by atoms with Crippen LogP contribution < -0.4 is 0 Å². The molecule has 1 aromatic heterocycles. The first-order valence-electron chi connectivity index (χ1n) is 6.03. The zero-order valence-corrected chi connectivity index (χ0v) is 10.5. The molecule has 1 N–H and O–H groups in total. The van der Waals surface area contributed by atoms with E-state index in [1.165, 1.54) is 12.1 Å². The number of aromatic nitrogens is 1. The number of halogens is 1. The second kappa shape index (κ2) is 4.80. The molecular weight excluding hydrogens is 233 g/mol. The lowest BCUT2D eigenvalue weighted by Gasteiger charge is -2.06. The number of benzene rings is 1. The predicted molar refractivity (Wildman–Crippen MR) is 68.2 cm³/mol. The van der Waals surface area contributed by atoms with Crippen LogP contribution in [0.2, 0.25) is 0 Å².